The van der Waals surface area contributed by atoms with E-state index in [-0.39, 0.29) is 12.6 Å². The summed E-state index contributed by atoms with van der Waals surface area (Å²) in [4.78, 5) is 13.7. The first-order valence-corrected chi connectivity index (χ1v) is 7.59. The Bertz CT molecular complexity index is 544. The van der Waals surface area contributed by atoms with Gasteiger partial charge >= 0.3 is 6.09 Å². The van der Waals surface area contributed by atoms with Crippen molar-refractivity contribution in [1.82, 2.24) is 4.90 Å². The van der Waals surface area contributed by atoms with Gasteiger partial charge in [-0.25, -0.2) is 9.18 Å². The highest BCUT2D eigenvalue weighted by Gasteiger charge is 2.37. The summed E-state index contributed by atoms with van der Waals surface area (Å²) in [5.41, 5.74) is 0.0401. The lowest BCUT2D eigenvalue weighted by Gasteiger charge is -2.28. The number of rotatable bonds is 1. The molecular weight excluding hydrogens is 341 g/mol. The lowest BCUT2D eigenvalue weighted by molar-refractivity contribution is 0.0206. The molecule has 2 rings (SSSR count). The second-order valence-electron chi connectivity index (χ2n) is 6.21. The molecule has 116 valence electrons. The molecule has 1 N–H and O–H groups in total. The highest BCUT2D eigenvalue weighted by molar-refractivity contribution is 9.10. The van der Waals surface area contributed by atoms with Gasteiger partial charge in [0.25, 0.3) is 0 Å². The highest BCUT2D eigenvalue weighted by atomic mass is 79.9. The lowest BCUT2D eigenvalue weighted by atomic mass is 10.0. The van der Waals surface area contributed by atoms with Crippen LogP contribution >= 0.6 is 15.9 Å². The number of carbonyl (C=O) groups excluding carboxylic acids is 1. The van der Waals surface area contributed by atoms with Crippen LogP contribution in [0.25, 0.3) is 0 Å². The quantitative estimate of drug-likeness (QED) is 0.832. The zero-order valence-corrected chi connectivity index (χ0v) is 13.9. The molecule has 2 atom stereocenters. The summed E-state index contributed by atoms with van der Waals surface area (Å²) in [5, 5.41) is 9.85. The van der Waals surface area contributed by atoms with E-state index in [1.54, 1.807) is 32.9 Å². The number of benzene rings is 1. The summed E-state index contributed by atoms with van der Waals surface area (Å²) in [6.07, 6.45) is -0.748. The first kappa shape index (κ1) is 16.2. The van der Waals surface area contributed by atoms with Gasteiger partial charge in [0.15, 0.2) is 0 Å². The number of carbonyl (C=O) groups is 1. The summed E-state index contributed by atoms with van der Waals surface area (Å²) in [7, 11) is 0. The number of β-amino-alcohol motifs (C(OH)–C–C–N with tert-alkyl or cyclic N) is 1. The molecule has 0 saturated carbocycles. The van der Waals surface area contributed by atoms with Gasteiger partial charge in [-0.1, -0.05) is 6.07 Å². The van der Waals surface area contributed by atoms with Crippen LogP contribution < -0.4 is 0 Å². The summed E-state index contributed by atoms with van der Waals surface area (Å²) in [6.45, 7) is 5.54. The largest absolute Gasteiger partial charge is 0.444 e. The van der Waals surface area contributed by atoms with E-state index in [1.807, 2.05) is 0 Å². The third-order valence-electron chi connectivity index (χ3n) is 3.24. The van der Waals surface area contributed by atoms with Crippen molar-refractivity contribution in [3.63, 3.8) is 0 Å². The van der Waals surface area contributed by atoms with Gasteiger partial charge in [0.2, 0.25) is 0 Å². The molecule has 0 aliphatic carbocycles. The van der Waals surface area contributed by atoms with E-state index in [9.17, 15) is 14.3 Å². The van der Waals surface area contributed by atoms with Gasteiger partial charge in [0.1, 0.15) is 11.4 Å². The number of hydrogen-bond donors (Lipinski definition) is 1. The van der Waals surface area contributed by atoms with Crippen molar-refractivity contribution in [2.75, 3.05) is 6.54 Å². The molecule has 0 radical (unpaired) electrons. The maximum atomic E-state index is 13.7. The van der Waals surface area contributed by atoms with Crippen molar-refractivity contribution in [1.29, 1.82) is 0 Å². The maximum Gasteiger partial charge on any atom is 0.410 e. The molecule has 1 saturated heterocycles. The number of aliphatic hydroxyl groups excluding tert-OH is 1. The Morgan fingerprint density at radius 1 is 1.48 bits per heavy atom. The summed E-state index contributed by atoms with van der Waals surface area (Å²) < 4.78 is 19.4. The van der Waals surface area contributed by atoms with Gasteiger partial charge in [0.05, 0.1) is 23.2 Å². The van der Waals surface area contributed by atoms with E-state index >= 15 is 0 Å². The highest BCUT2D eigenvalue weighted by Crippen LogP contribution is 2.34. The first-order valence-electron chi connectivity index (χ1n) is 6.80. The van der Waals surface area contributed by atoms with Crippen LogP contribution in [0.3, 0.4) is 0 Å². The number of halogens is 2. The molecule has 1 aliphatic rings. The van der Waals surface area contributed by atoms with Crippen LogP contribution in [0.2, 0.25) is 0 Å². The number of likely N-dealkylation sites (tertiary alicyclic amines) is 1. The molecule has 0 bridgehead atoms. The Labute approximate surface area is 132 Å². The summed E-state index contributed by atoms with van der Waals surface area (Å²) >= 11 is 3.10. The van der Waals surface area contributed by atoms with Crippen molar-refractivity contribution in [3.05, 3.63) is 34.1 Å². The minimum Gasteiger partial charge on any atom is -0.444 e. The van der Waals surface area contributed by atoms with Crippen molar-refractivity contribution < 1.29 is 19.0 Å². The average molecular weight is 360 g/mol. The smallest absolute Gasteiger partial charge is 0.410 e. The fourth-order valence-corrected chi connectivity index (χ4v) is 2.62. The van der Waals surface area contributed by atoms with Gasteiger partial charge in [-0.2, -0.15) is 0 Å². The van der Waals surface area contributed by atoms with E-state index in [2.05, 4.69) is 15.9 Å². The van der Waals surface area contributed by atoms with E-state index in [1.165, 1.54) is 11.0 Å². The summed E-state index contributed by atoms with van der Waals surface area (Å²) in [6, 6.07) is 4.34. The van der Waals surface area contributed by atoms with Crippen LogP contribution in [0.15, 0.2) is 22.7 Å². The normalized spacial score (nSPS) is 22.5. The molecule has 1 aromatic rings. The minimum absolute atomic E-state index is 0.192. The standard InChI is InChI=1S/C15H19BrFNO3/c1-15(2,3)21-14(20)18-8-10(19)7-13(18)9-4-5-11(16)12(17)6-9/h4-6,10,13,19H,7-8H2,1-3H3/t10-,13-/m1/s1. The molecule has 0 spiro atoms. The lowest BCUT2D eigenvalue weighted by Crippen LogP contribution is -2.37. The van der Waals surface area contributed by atoms with E-state index < -0.39 is 23.6 Å². The third-order valence-corrected chi connectivity index (χ3v) is 3.88. The third kappa shape index (κ3) is 3.95. The van der Waals surface area contributed by atoms with Gasteiger partial charge in [-0.3, -0.25) is 4.90 Å². The molecule has 1 amide bonds. The number of amides is 1. The van der Waals surface area contributed by atoms with Crippen molar-refractivity contribution in [2.45, 2.75) is 44.9 Å². The van der Waals surface area contributed by atoms with Crippen molar-refractivity contribution in [2.24, 2.45) is 0 Å². The Kier molecular flexibility index (Phi) is 4.58. The summed E-state index contributed by atoms with van der Waals surface area (Å²) in [5.74, 6) is -0.391. The number of nitrogens with zero attached hydrogens (tertiary/aromatic N) is 1. The van der Waals surface area contributed by atoms with Crippen LogP contribution in [-0.2, 0) is 4.74 Å². The van der Waals surface area contributed by atoms with E-state index in [0.717, 1.165) is 0 Å². The molecule has 0 aromatic heterocycles. The van der Waals surface area contributed by atoms with Crippen LogP contribution in [0.1, 0.15) is 38.8 Å². The zero-order valence-electron chi connectivity index (χ0n) is 12.3. The van der Waals surface area contributed by atoms with Crippen LogP contribution in [0.5, 0.6) is 0 Å². The van der Waals surface area contributed by atoms with Crippen LogP contribution in [0, 0.1) is 5.82 Å². The molecule has 4 nitrogen and oxygen atoms in total. The van der Waals surface area contributed by atoms with Crippen LogP contribution in [0.4, 0.5) is 9.18 Å². The molecular formula is C15H19BrFNO3. The van der Waals surface area contributed by atoms with Gasteiger partial charge in [-0.15, -0.1) is 0 Å². The molecule has 1 aliphatic heterocycles. The SMILES string of the molecule is CC(C)(C)OC(=O)N1C[C@H](O)C[C@@H]1c1ccc(Br)c(F)c1. The molecule has 21 heavy (non-hydrogen) atoms. The second kappa shape index (κ2) is 5.93. The van der Waals surface area contributed by atoms with Crippen LogP contribution in [-0.4, -0.2) is 34.3 Å². The predicted octanol–water partition coefficient (Wildman–Crippen LogP) is 3.63. The minimum atomic E-state index is -0.630. The number of hydrogen-bond acceptors (Lipinski definition) is 3. The fraction of sp³-hybridized carbons (Fsp3) is 0.533. The van der Waals surface area contributed by atoms with Gasteiger partial charge in [0, 0.05) is 0 Å². The van der Waals surface area contributed by atoms with E-state index in [0.29, 0.717) is 16.5 Å². The fourth-order valence-electron chi connectivity index (χ4n) is 2.37. The van der Waals surface area contributed by atoms with Gasteiger partial charge in [-0.05, 0) is 60.8 Å². The number of ether oxygens (including phenoxy) is 1. The van der Waals surface area contributed by atoms with Crippen molar-refractivity contribution >= 4 is 22.0 Å². The molecule has 0 unspecified atom stereocenters. The molecule has 1 fully saturated rings. The Morgan fingerprint density at radius 2 is 2.14 bits per heavy atom. The van der Waals surface area contributed by atoms with E-state index in [4.69, 9.17) is 4.74 Å². The second-order valence-corrected chi connectivity index (χ2v) is 7.07. The maximum absolute atomic E-state index is 13.7. The van der Waals surface area contributed by atoms with Gasteiger partial charge < -0.3 is 9.84 Å². The van der Waals surface area contributed by atoms with Crippen molar-refractivity contribution in [3.8, 4) is 0 Å². The monoisotopic (exact) mass is 359 g/mol. The molecule has 1 aromatic carbocycles. The number of aliphatic hydroxyl groups is 1. The molecule has 6 heteroatoms. The predicted molar refractivity (Wildman–Crippen MR) is 80.4 cm³/mol. The Hall–Kier alpha value is -1.14. The Morgan fingerprint density at radius 3 is 2.71 bits per heavy atom. The Balaban J connectivity index is 2.24. The molecule has 1 heterocycles. The topological polar surface area (TPSA) is 49.8 Å². The average Bonchev–Trinajstić information content (AvgIpc) is 2.73. The first-order chi connectivity index (χ1) is 9.67. The zero-order chi connectivity index (χ0) is 15.8.